The molecule has 0 saturated heterocycles. The Hall–Kier alpha value is -5.52. The molecule has 5 unspecified atom stereocenters. The minimum absolute atomic E-state index is 0.0544. The molecule has 12 nitrogen and oxygen atoms in total. The van der Waals surface area contributed by atoms with Crippen LogP contribution < -0.4 is 26.8 Å². The van der Waals surface area contributed by atoms with Crippen LogP contribution in [0.15, 0.2) is 88.2 Å². The Bertz CT molecular complexity index is 1920. The van der Waals surface area contributed by atoms with E-state index in [0.717, 1.165) is 25.2 Å². The number of nitrogens with one attached hydrogen (secondary N) is 4. The van der Waals surface area contributed by atoms with E-state index < -0.39 is 35.1 Å². The number of para-hydroxylation sites is 2. The fourth-order valence-corrected chi connectivity index (χ4v) is 7.34. The maximum Gasteiger partial charge on any atom is 0.291 e. The first-order valence-corrected chi connectivity index (χ1v) is 17.1. The highest BCUT2D eigenvalue weighted by molar-refractivity contribution is 6.40. The van der Waals surface area contributed by atoms with Crippen molar-refractivity contribution in [2.24, 2.45) is 17.8 Å². The third kappa shape index (κ3) is 8.19. The van der Waals surface area contributed by atoms with Gasteiger partial charge < -0.3 is 30.3 Å². The first-order chi connectivity index (χ1) is 24.1. The van der Waals surface area contributed by atoms with Crippen molar-refractivity contribution in [2.75, 3.05) is 10.6 Å². The molecule has 50 heavy (non-hydrogen) atoms. The summed E-state index contributed by atoms with van der Waals surface area (Å²) in [6, 6.07) is 18.7. The number of anilines is 2. The van der Waals surface area contributed by atoms with Gasteiger partial charge in [0, 0.05) is 29.7 Å². The largest absolute Gasteiger partial charge is 0.451 e. The molecule has 2 aliphatic carbocycles. The second-order valence-electron chi connectivity index (χ2n) is 13.4. The first kappa shape index (κ1) is 34.3. The van der Waals surface area contributed by atoms with Crippen molar-refractivity contribution in [1.82, 2.24) is 15.2 Å². The van der Waals surface area contributed by atoms with Gasteiger partial charge >= 0.3 is 0 Å². The summed E-state index contributed by atoms with van der Waals surface area (Å²) in [6.07, 6.45) is 6.56. The second kappa shape index (κ2) is 15.4. The number of pyridine rings is 1. The maximum absolute atomic E-state index is 13.6. The Labute approximate surface area is 289 Å². The summed E-state index contributed by atoms with van der Waals surface area (Å²) in [5.41, 5.74) is 0.193. The summed E-state index contributed by atoms with van der Waals surface area (Å²) in [5, 5.41) is 11.5. The Morgan fingerprint density at radius 3 is 2.50 bits per heavy atom. The SMILES string of the molecule is CC1CC2CCCC(C2)C1NC(=O)Cn1cccc(NC(=O)C(CCC(=O)C(=O)Nc2ccccc2)NC(=O)c2cc3ccccc3o2)c1=O. The zero-order valence-electron chi connectivity index (χ0n) is 27.9. The van der Waals surface area contributed by atoms with Crippen LogP contribution in [0.4, 0.5) is 11.4 Å². The number of carbonyl (C=O) groups is 5. The van der Waals surface area contributed by atoms with Crippen LogP contribution in [0.2, 0.25) is 0 Å². The van der Waals surface area contributed by atoms with E-state index in [4.69, 9.17) is 4.42 Å². The maximum atomic E-state index is 13.6. The summed E-state index contributed by atoms with van der Waals surface area (Å²) in [7, 11) is 0. The highest BCUT2D eigenvalue weighted by atomic mass is 16.3. The van der Waals surface area contributed by atoms with Crippen LogP contribution in [0.3, 0.4) is 0 Å². The van der Waals surface area contributed by atoms with E-state index in [2.05, 4.69) is 28.2 Å². The van der Waals surface area contributed by atoms with E-state index in [-0.39, 0.29) is 42.8 Å². The number of carbonyl (C=O) groups excluding carboxylic acids is 5. The van der Waals surface area contributed by atoms with E-state index in [9.17, 15) is 28.8 Å². The zero-order valence-corrected chi connectivity index (χ0v) is 27.9. The number of fused-ring (bicyclic) bond motifs is 3. The van der Waals surface area contributed by atoms with E-state index in [1.165, 1.54) is 35.7 Å². The van der Waals surface area contributed by atoms with Gasteiger partial charge in [-0.2, -0.15) is 0 Å². The third-order valence-corrected chi connectivity index (χ3v) is 9.79. The first-order valence-electron chi connectivity index (χ1n) is 17.1. The molecule has 2 heterocycles. The molecule has 12 heteroatoms. The standard InChI is InChI=1S/C38H41N5O7/c1-23-19-24-9-7-11-26(20-24)34(23)42-33(45)22-43-18-8-14-29(38(43)49)41-35(46)28(16-17-30(44)36(47)39-27-12-3-2-4-13-27)40-37(48)32-21-25-10-5-6-15-31(25)50-32/h2-6,8,10,12-15,18,21,23-24,26,28,34H,7,9,11,16-17,19-20,22H2,1H3,(H,39,47)(H,40,48)(H,41,46)(H,42,45). The number of hydrogen-bond acceptors (Lipinski definition) is 7. The lowest BCUT2D eigenvalue weighted by Crippen LogP contribution is -2.50. The average Bonchev–Trinajstić information content (AvgIpc) is 3.55. The van der Waals surface area contributed by atoms with Crippen molar-refractivity contribution in [3.8, 4) is 0 Å². The van der Waals surface area contributed by atoms with Gasteiger partial charge in [0.25, 0.3) is 17.4 Å². The van der Waals surface area contributed by atoms with Crippen LogP contribution in [-0.2, 0) is 25.7 Å². The number of rotatable bonds is 12. The lowest BCUT2D eigenvalue weighted by molar-refractivity contribution is -0.135. The topological polar surface area (TPSA) is 169 Å². The van der Waals surface area contributed by atoms with Gasteiger partial charge in [0.1, 0.15) is 23.9 Å². The fraction of sp³-hybridized carbons (Fsp3) is 0.368. The van der Waals surface area contributed by atoms with Gasteiger partial charge in [-0.25, -0.2) is 0 Å². The summed E-state index contributed by atoms with van der Waals surface area (Å²) < 4.78 is 6.87. The number of furan rings is 1. The molecule has 4 aromatic rings. The predicted molar refractivity (Wildman–Crippen MR) is 187 cm³/mol. The number of aromatic nitrogens is 1. The Kier molecular flexibility index (Phi) is 10.5. The highest BCUT2D eigenvalue weighted by Gasteiger charge is 2.38. The summed E-state index contributed by atoms with van der Waals surface area (Å²) in [4.78, 5) is 78.7. The van der Waals surface area contributed by atoms with Gasteiger partial charge in [0.2, 0.25) is 17.6 Å². The number of nitrogens with zero attached hydrogens (tertiary/aromatic N) is 1. The van der Waals surface area contributed by atoms with E-state index >= 15 is 0 Å². The molecular formula is C38H41N5O7. The fourth-order valence-electron chi connectivity index (χ4n) is 7.34. The lowest BCUT2D eigenvalue weighted by Gasteiger charge is -2.44. The van der Waals surface area contributed by atoms with Crippen molar-refractivity contribution in [1.29, 1.82) is 0 Å². The molecule has 6 rings (SSSR count). The number of Topliss-reactive ketones (excluding diaryl/α,β-unsaturated/α-hetero) is 1. The molecule has 2 aromatic heterocycles. The zero-order chi connectivity index (χ0) is 35.2. The van der Waals surface area contributed by atoms with Crippen LogP contribution >= 0.6 is 0 Å². The lowest BCUT2D eigenvalue weighted by atomic mass is 9.65. The molecule has 5 atom stereocenters. The molecule has 4 amide bonds. The van der Waals surface area contributed by atoms with E-state index in [1.54, 1.807) is 60.7 Å². The number of benzene rings is 2. The quantitative estimate of drug-likeness (QED) is 0.158. The van der Waals surface area contributed by atoms with Crippen molar-refractivity contribution < 1.29 is 28.4 Å². The smallest absolute Gasteiger partial charge is 0.291 e. The van der Waals surface area contributed by atoms with Gasteiger partial charge in [-0.3, -0.25) is 28.8 Å². The minimum atomic E-state index is -1.33. The van der Waals surface area contributed by atoms with Crippen LogP contribution in [0, 0.1) is 17.8 Å². The Morgan fingerprint density at radius 2 is 1.70 bits per heavy atom. The van der Waals surface area contributed by atoms with Gasteiger partial charge in [0.05, 0.1) is 0 Å². The normalized spacial score (nSPS) is 20.3. The van der Waals surface area contributed by atoms with Gasteiger partial charge in [-0.1, -0.05) is 56.2 Å². The number of hydrogen-bond donors (Lipinski definition) is 4. The van der Waals surface area contributed by atoms with Crippen molar-refractivity contribution in [2.45, 2.75) is 70.5 Å². The molecule has 0 aliphatic heterocycles. The molecule has 4 N–H and O–H groups in total. The van der Waals surface area contributed by atoms with Crippen LogP contribution in [-0.4, -0.2) is 46.1 Å². The monoisotopic (exact) mass is 679 g/mol. The molecule has 2 aromatic carbocycles. The third-order valence-electron chi connectivity index (χ3n) is 9.79. The Balaban J connectivity index is 1.14. The van der Waals surface area contributed by atoms with Crippen LogP contribution in [0.1, 0.15) is 62.4 Å². The number of amides is 4. The minimum Gasteiger partial charge on any atom is -0.451 e. The molecule has 260 valence electrons. The second-order valence-corrected chi connectivity index (χ2v) is 13.4. The Morgan fingerprint density at radius 1 is 0.920 bits per heavy atom. The van der Waals surface area contributed by atoms with Crippen molar-refractivity contribution in [3.63, 3.8) is 0 Å². The number of ketones is 1. The highest BCUT2D eigenvalue weighted by Crippen LogP contribution is 2.42. The molecular weight excluding hydrogens is 638 g/mol. The van der Waals surface area contributed by atoms with E-state index in [0.29, 0.717) is 28.5 Å². The summed E-state index contributed by atoms with van der Waals surface area (Å²) >= 11 is 0. The molecule has 2 aliphatic rings. The summed E-state index contributed by atoms with van der Waals surface area (Å²) in [6.45, 7) is 1.95. The molecule has 2 bridgehead atoms. The van der Waals surface area contributed by atoms with Gasteiger partial charge in [-0.15, -0.1) is 0 Å². The molecule has 0 radical (unpaired) electrons. The molecule has 2 saturated carbocycles. The van der Waals surface area contributed by atoms with Gasteiger partial charge in [0.15, 0.2) is 5.76 Å². The molecule has 0 spiro atoms. The van der Waals surface area contributed by atoms with Crippen LogP contribution in [0.5, 0.6) is 0 Å². The molecule has 2 fully saturated rings. The van der Waals surface area contributed by atoms with Crippen molar-refractivity contribution in [3.05, 3.63) is 95.1 Å². The average molecular weight is 680 g/mol. The van der Waals surface area contributed by atoms with Gasteiger partial charge in [-0.05, 0) is 79.8 Å². The summed E-state index contributed by atoms with van der Waals surface area (Å²) in [5.74, 6) is -1.99. The predicted octanol–water partition coefficient (Wildman–Crippen LogP) is 4.65. The van der Waals surface area contributed by atoms with E-state index in [1.807, 2.05) is 0 Å². The van der Waals surface area contributed by atoms with Crippen molar-refractivity contribution >= 4 is 51.8 Å². The van der Waals surface area contributed by atoms with Crippen LogP contribution in [0.25, 0.3) is 11.0 Å².